The Morgan fingerprint density at radius 2 is 1.76 bits per heavy atom. The molecule has 3 nitrogen and oxygen atoms in total. The van der Waals surface area contributed by atoms with Gasteiger partial charge in [0, 0.05) is 6.04 Å². The van der Waals surface area contributed by atoms with E-state index >= 15 is 0 Å². The van der Waals surface area contributed by atoms with Gasteiger partial charge in [-0.1, -0.05) is 34.8 Å². The number of hydrogen-bond donors (Lipinski definition) is 2. The number of aromatic nitrogens is 1. The fraction of sp³-hybridized carbons (Fsp3) is 0.545. The van der Waals surface area contributed by atoms with Gasteiger partial charge in [0.15, 0.2) is 0 Å². The Morgan fingerprint density at radius 3 is 2.41 bits per heavy atom. The van der Waals surface area contributed by atoms with Crippen molar-refractivity contribution in [1.29, 1.82) is 0 Å². The molecule has 0 amide bonds. The van der Waals surface area contributed by atoms with Gasteiger partial charge in [-0.25, -0.2) is 4.98 Å². The minimum atomic E-state index is -0.176. The van der Waals surface area contributed by atoms with Crippen LogP contribution in [0.1, 0.15) is 25.7 Å². The predicted octanol–water partition coefficient (Wildman–Crippen LogP) is 3.76. The van der Waals surface area contributed by atoms with Crippen molar-refractivity contribution in [1.82, 2.24) is 4.98 Å². The quantitative estimate of drug-likeness (QED) is 0.817. The van der Waals surface area contributed by atoms with Gasteiger partial charge in [0.25, 0.3) is 0 Å². The zero-order chi connectivity index (χ0) is 12.4. The molecule has 0 radical (unpaired) electrons. The third kappa shape index (κ3) is 3.38. The number of pyridine rings is 1. The van der Waals surface area contributed by atoms with Crippen LogP contribution in [0.5, 0.6) is 0 Å². The SMILES string of the molecule is OC1CCC(Nc2nc(Cl)c(Cl)cc2Cl)CC1. The van der Waals surface area contributed by atoms with Crippen LogP contribution in [0, 0.1) is 0 Å². The van der Waals surface area contributed by atoms with Gasteiger partial charge in [0.05, 0.1) is 16.1 Å². The summed E-state index contributed by atoms with van der Waals surface area (Å²) in [6.45, 7) is 0. The largest absolute Gasteiger partial charge is 0.393 e. The van der Waals surface area contributed by atoms with Gasteiger partial charge >= 0.3 is 0 Å². The van der Waals surface area contributed by atoms with Crippen LogP contribution in [-0.4, -0.2) is 22.2 Å². The van der Waals surface area contributed by atoms with Gasteiger partial charge in [-0.3, -0.25) is 0 Å². The van der Waals surface area contributed by atoms with E-state index in [-0.39, 0.29) is 17.3 Å². The van der Waals surface area contributed by atoms with E-state index in [1.54, 1.807) is 6.07 Å². The van der Waals surface area contributed by atoms with Crippen molar-refractivity contribution in [3.63, 3.8) is 0 Å². The summed E-state index contributed by atoms with van der Waals surface area (Å²) in [5.41, 5.74) is 0. The van der Waals surface area contributed by atoms with Crippen LogP contribution in [0.3, 0.4) is 0 Å². The zero-order valence-corrected chi connectivity index (χ0v) is 11.4. The molecular formula is C11H13Cl3N2O. The number of rotatable bonds is 2. The number of nitrogens with zero attached hydrogens (tertiary/aromatic N) is 1. The fourth-order valence-electron chi connectivity index (χ4n) is 1.96. The predicted molar refractivity (Wildman–Crippen MR) is 71.2 cm³/mol. The topological polar surface area (TPSA) is 45.1 Å². The molecular weight excluding hydrogens is 282 g/mol. The molecule has 1 aromatic rings. The van der Waals surface area contributed by atoms with E-state index in [1.165, 1.54) is 0 Å². The normalized spacial score (nSPS) is 24.7. The minimum Gasteiger partial charge on any atom is -0.393 e. The van der Waals surface area contributed by atoms with Crippen molar-refractivity contribution >= 4 is 40.6 Å². The Labute approximate surface area is 115 Å². The number of halogens is 3. The average molecular weight is 296 g/mol. The Balaban J connectivity index is 2.06. The van der Waals surface area contributed by atoms with E-state index in [4.69, 9.17) is 34.8 Å². The Morgan fingerprint density at radius 1 is 1.12 bits per heavy atom. The first kappa shape index (κ1) is 13.2. The van der Waals surface area contributed by atoms with Gasteiger partial charge in [-0.15, -0.1) is 0 Å². The molecule has 0 aliphatic heterocycles. The molecule has 6 heteroatoms. The van der Waals surface area contributed by atoms with Crippen LogP contribution in [-0.2, 0) is 0 Å². The van der Waals surface area contributed by atoms with Crippen LogP contribution in [0.25, 0.3) is 0 Å². The molecule has 0 bridgehead atoms. The third-order valence-electron chi connectivity index (χ3n) is 2.92. The maximum Gasteiger partial charge on any atom is 0.150 e. The van der Waals surface area contributed by atoms with Gasteiger partial charge in [0.2, 0.25) is 0 Å². The molecule has 2 rings (SSSR count). The number of hydrogen-bond acceptors (Lipinski definition) is 3. The second kappa shape index (κ2) is 5.61. The second-order valence-corrected chi connectivity index (χ2v) is 5.41. The molecule has 2 N–H and O–H groups in total. The Kier molecular flexibility index (Phi) is 4.36. The molecule has 1 heterocycles. The molecule has 94 valence electrons. The zero-order valence-electron chi connectivity index (χ0n) is 9.09. The summed E-state index contributed by atoms with van der Waals surface area (Å²) in [6.07, 6.45) is 3.23. The first-order valence-electron chi connectivity index (χ1n) is 5.52. The summed E-state index contributed by atoms with van der Waals surface area (Å²) in [4.78, 5) is 4.11. The Bertz CT molecular complexity index is 406. The van der Waals surface area contributed by atoms with Crippen LogP contribution in [0.4, 0.5) is 5.82 Å². The van der Waals surface area contributed by atoms with Crippen LogP contribution < -0.4 is 5.32 Å². The molecule has 1 saturated carbocycles. The molecule has 1 aromatic heterocycles. The van der Waals surface area contributed by atoms with E-state index in [2.05, 4.69) is 10.3 Å². The molecule has 0 unspecified atom stereocenters. The lowest BCUT2D eigenvalue weighted by atomic mass is 9.93. The smallest absolute Gasteiger partial charge is 0.150 e. The third-order valence-corrected chi connectivity index (χ3v) is 3.89. The first-order valence-corrected chi connectivity index (χ1v) is 6.66. The van der Waals surface area contributed by atoms with Crippen molar-refractivity contribution in [2.75, 3.05) is 5.32 Å². The van der Waals surface area contributed by atoms with E-state index in [0.29, 0.717) is 15.9 Å². The molecule has 1 aliphatic carbocycles. The van der Waals surface area contributed by atoms with Crippen molar-refractivity contribution in [2.45, 2.75) is 37.8 Å². The van der Waals surface area contributed by atoms with E-state index in [1.807, 2.05) is 0 Å². The van der Waals surface area contributed by atoms with Crippen molar-refractivity contribution in [3.8, 4) is 0 Å². The van der Waals surface area contributed by atoms with Crippen LogP contribution >= 0.6 is 34.8 Å². The number of aliphatic hydroxyl groups is 1. The summed E-state index contributed by atoms with van der Waals surface area (Å²) >= 11 is 17.7. The molecule has 1 fully saturated rings. The van der Waals surface area contributed by atoms with E-state index < -0.39 is 0 Å². The van der Waals surface area contributed by atoms with Crippen molar-refractivity contribution < 1.29 is 5.11 Å². The van der Waals surface area contributed by atoms with E-state index in [0.717, 1.165) is 25.7 Å². The maximum atomic E-state index is 9.42. The van der Waals surface area contributed by atoms with Crippen LogP contribution in [0.15, 0.2) is 6.07 Å². The monoisotopic (exact) mass is 294 g/mol. The van der Waals surface area contributed by atoms with Crippen LogP contribution in [0.2, 0.25) is 15.2 Å². The summed E-state index contributed by atoms with van der Waals surface area (Å²) < 4.78 is 0. The fourth-order valence-corrected chi connectivity index (χ4v) is 2.51. The van der Waals surface area contributed by atoms with Gasteiger partial charge < -0.3 is 10.4 Å². The maximum absolute atomic E-state index is 9.42. The molecule has 0 saturated heterocycles. The molecule has 0 atom stereocenters. The summed E-state index contributed by atoms with van der Waals surface area (Å²) in [5, 5.41) is 13.7. The Hall–Kier alpha value is -0.220. The summed E-state index contributed by atoms with van der Waals surface area (Å²) in [7, 11) is 0. The highest BCUT2D eigenvalue weighted by Crippen LogP contribution is 2.30. The second-order valence-electron chi connectivity index (χ2n) is 4.24. The molecule has 0 aromatic carbocycles. The lowest BCUT2D eigenvalue weighted by Crippen LogP contribution is -2.28. The number of nitrogens with one attached hydrogen (secondary N) is 1. The van der Waals surface area contributed by atoms with Gasteiger partial charge in [0.1, 0.15) is 11.0 Å². The molecule has 1 aliphatic rings. The number of anilines is 1. The van der Waals surface area contributed by atoms with Crippen molar-refractivity contribution in [3.05, 3.63) is 21.3 Å². The lowest BCUT2D eigenvalue weighted by molar-refractivity contribution is 0.126. The average Bonchev–Trinajstić information content (AvgIpc) is 2.29. The summed E-state index contributed by atoms with van der Waals surface area (Å²) in [6, 6.07) is 1.86. The standard InChI is InChI=1S/C11H13Cl3N2O/c12-8-5-9(13)11(16-10(8)14)15-6-1-3-7(17)4-2-6/h5-7,17H,1-4H2,(H,15,16). The highest BCUT2D eigenvalue weighted by molar-refractivity contribution is 6.42. The van der Waals surface area contributed by atoms with E-state index in [9.17, 15) is 5.11 Å². The number of aliphatic hydroxyl groups excluding tert-OH is 1. The molecule has 0 spiro atoms. The lowest BCUT2D eigenvalue weighted by Gasteiger charge is -2.26. The first-order chi connectivity index (χ1) is 8.06. The van der Waals surface area contributed by atoms with Gasteiger partial charge in [-0.05, 0) is 31.7 Å². The summed E-state index contributed by atoms with van der Waals surface area (Å²) in [5.74, 6) is 0.558. The van der Waals surface area contributed by atoms with Gasteiger partial charge in [-0.2, -0.15) is 0 Å². The highest BCUT2D eigenvalue weighted by Gasteiger charge is 2.20. The minimum absolute atomic E-state index is 0.176. The van der Waals surface area contributed by atoms with Crippen molar-refractivity contribution in [2.24, 2.45) is 0 Å². The molecule has 17 heavy (non-hydrogen) atoms. The highest BCUT2D eigenvalue weighted by atomic mass is 35.5.